The van der Waals surface area contributed by atoms with Crippen LogP contribution in [0.15, 0.2) is 22.7 Å². The second-order valence-electron chi connectivity index (χ2n) is 4.20. The van der Waals surface area contributed by atoms with Gasteiger partial charge in [0.15, 0.2) is 0 Å². The van der Waals surface area contributed by atoms with Crippen molar-refractivity contribution >= 4 is 33.4 Å². The number of hydrogen-bond donors (Lipinski definition) is 2. The lowest BCUT2D eigenvalue weighted by Crippen LogP contribution is -2.19. The van der Waals surface area contributed by atoms with Gasteiger partial charge in [-0.1, -0.05) is 29.8 Å². The van der Waals surface area contributed by atoms with E-state index in [1.165, 1.54) is 0 Å². The molecule has 0 saturated carbocycles. The van der Waals surface area contributed by atoms with Crippen molar-refractivity contribution in [1.82, 2.24) is 0 Å². The highest BCUT2D eigenvalue weighted by atomic mass is 79.9. The van der Waals surface area contributed by atoms with Gasteiger partial charge in [0.2, 0.25) is 5.91 Å². The lowest BCUT2D eigenvalue weighted by Gasteiger charge is -2.10. The van der Waals surface area contributed by atoms with E-state index in [1.807, 2.05) is 13.8 Å². The molecule has 3 N–H and O–H groups in total. The van der Waals surface area contributed by atoms with E-state index in [0.29, 0.717) is 17.7 Å². The fourth-order valence-electron chi connectivity index (χ4n) is 1.40. The zero-order valence-electron chi connectivity index (χ0n) is 9.79. The summed E-state index contributed by atoms with van der Waals surface area (Å²) in [6, 6.07) is 4.99. The van der Waals surface area contributed by atoms with Gasteiger partial charge in [0.05, 0.1) is 11.3 Å². The van der Waals surface area contributed by atoms with Gasteiger partial charge < -0.3 is 11.1 Å². The summed E-state index contributed by atoms with van der Waals surface area (Å²) in [5.41, 5.74) is 6.00. The van der Waals surface area contributed by atoms with Gasteiger partial charge in [-0.05, 0) is 24.1 Å². The van der Waals surface area contributed by atoms with Crippen LogP contribution in [0.25, 0.3) is 0 Å². The molecule has 0 saturated heterocycles. The minimum atomic E-state index is -0.564. The van der Waals surface area contributed by atoms with E-state index in [9.17, 15) is 9.59 Å². The number of carbonyl (C=O) groups excluding carboxylic acids is 2. The Morgan fingerprint density at radius 3 is 2.59 bits per heavy atom. The van der Waals surface area contributed by atoms with E-state index < -0.39 is 5.91 Å². The lowest BCUT2D eigenvalue weighted by atomic mass is 10.1. The molecule has 92 valence electrons. The first-order valence-corrected chi connectivity index (χ1v) is 6.08. The summed E-state index contributed by atoms with van der Waals surface area (Å²) in [6.07, 6.45) is 0.411. The Morgan fingerprint density at radius 1 is 1.41 bits per heavy atom. The van der Waals surface area contributed by atoms with Gasteiger partial charge in [-0.25, -0.2) is 0 Å². The molecule has 0 unspecified atom stereocenters. The minimum Gasteiger partial charge on any atom is -0.366 e. The smallest absolute Gasteiger partial charge is 0.250 e. The van der Waals surface area contributed by atoms with Crippen molar-refractivity contribution in [3.8, 4) is 0 Å². The highest BCUT2D eigenvalue weighted by molar-refractivity contribution is 9.10. The summed E-state index contributed by atoms with van der Waals surface area (Å²) in [4.78, 5) is 22.8. The van der Waals surface area contributed by atoms with Crippen LogP contribution in [0, 0.1) is 5.92 Å². The Morgan fingerprint density at radius 2 is 2.06 bits per heavy atom. The summed E-state index contributed by atoms with van der Waals surface area (Å²) in [5.74, 6) is -0.418. The SMILES string of the molecule is CC(C)CC(=O)Nc1ccc(Br)cc1C(N)=O. The molecule has 0 aromatic heterocycles. The Bertz CT molecular complexity index is 444. The van der Waals surface area contributed by atoms with Crippen LogP contribution in [-0.2, 0) is 4.79 Å². The number of carbonyl (C=O) groups is 2. The number of benzene rings is 1. The van der Waals surface area contributed by atoms with E-state index >= 15 is 0 Å². The molecule has 1 aromatic carbocycles. The van der Waals surface area contributed by atoms with Crippen LogP contribution in [0.1, 0.15) is 30.6 Å². The van der Waals surface area contributed by atoms with Crippen LogP contribution in [0.3, 0.4) is 0 Å². The molecule has 1 rings (SSSR count). The minimum absolute atomic E-state index is 0.121. The highest BCUT2D eigenvalue weighted by Gasteiger charge is 2.12. The first kappa shape index (κ1) is 13.7. The quantitative estimate of drug-likeness (QED) is 0.896. The monoisotopic (exact) mass is 298 g/mol. The van der Waals surface area contributed by atoms with Gasteiger partial charge in [-0.3, -0.25) is 9.59 Å². The number of nitrogens with one attached hydrogen (secondary N) is 1. The maximum Gasteiger partial charge on any atom is 0.250 e. The van der Waals surface area contributed by atoms with Crippen LogP contribution in [0.4, 0.5) is 5.69 Å². The molecule has 1 aromatic rings. The number of amides is 2. The van der Waals surface area contributed by atoms with Crippen molar-refractivity contribution in [2.24, 2.45) is 11.7 Å². The standard InChI is InChI=1S/C12H15BrN2O2/c1-7(2)5-11(16)15-10-4-3-8(13)6-9(10)12(14)17/h3-4,6-7H,5H2,1-2H3,(H2,14,17)(H,15,16). The normalized spacial score (nSPS) is 10.4. The third kappa shape index (κ3) is 4.19. The summed E-state index contributed by atoms with van der Waals surface area (Å²) in [7, 11) is 0. The van der Waals surface area contributed by atoms with Gasteiger partial charge in [0.1, 0.15) is 0 Å². The molecular formula is C12H15BrN2O2. The molecule has 0 aliphatic rings. The van der Waals surface area contributed by atoms with Crippen LogP contribution in [0.2, 0.25) is 0 Å². The first-order chi connectivity index (χ1) is 7.90. The molecular weight excluding hydrogens is 284 g/mol. The molecule has 0 heterocycles. The number of primary amides is 1. The van der Waals surface area contributed by atoms with Crippen molar-refractivity contribution in [1.29, 1.82) is 0 Å². The van der Waals surface area contributed by atoms with Crippen molar-refractivity contribution in [3.63, 3.8) is 0 Å². The van der Waals surface area contributed by atoms with Crippen molar-refractivity contribution < 1.29 is 9.59 Å². The van der Waals surface area contributed by atoms with Crippen LogP contribution >= 0.6 is 15.9 Å². The van der Waals surface area contributed by atoms with Crippen LogP contribution < -0.4 is 11.1 Å². The van der Waals surface area contributed by atoms with E-state index in [4.69, 9.17) is 5.73 Å². The zero-order chi connectivity index (χ0) is 13.0. The maximum absolute atomic E-state index is 11.6. The first-order valence-electron chi connectivity index (χ1n) is 5.29. The van der Waals surface area contributed by atoms with E-state index in [2.05, 4.69) is 21.2 Å². The predicted molar refractivity (Wildman–Crippen MR) is 70.7 cm³/mol. The molecule has 0 bridgehead atoms. The number of hydrogen-bond acceptors (Lipinski definition) is 2. The lowest BCUT2D eigenvalue weighted by molar-refractivity contribution is -0.116. The van der Waals surface area contributed by atoms with Crippen molar-refractivity contribution in [2.75, 3.05) is 5.32 Å². The van der Waals surface area contributed by atoms with Gasteiger partial charge >= 0.3 is 0 Å². The van der Waals surface area contributed by atoms with Gasteiger partial charge in [0.25, 0.3) is 5.91 Å². The molecule has 4 nitrogen and oxygen atoms in total. The molecule has 0 radical (unpaired) electrons. The molecule has 0 aliphatic carbocycles. The van der Waals surface area contributed by atoms with Gasteiger partial charge in [-0.15, -0.1) is 0 Å². The molecule has 0 spiro atoms. The van der Waals surface area contributed by atoms with Crippen LogP contribution in [-0.4, -0.2) is 11.8 Å². The van der Waals surface area contributed by atoms with Gasteiger partial charge in [-0.2, -0.15) is 0 Å². The summed E-state index contributed by atoms with van der Waals surface area (Å²) in [6.45, 7) is 3.91. The summed E-state index contributed by atoms with van der Waals surface area (Å²) < 4.78 is 0.744. The number of halogens is 1. The number of nitrogens with two attached hydrogens (primary N) is 1. The summed E-state index contributed by atoms with van der Waals surface area (Å²) in [5, 5.41) is 2.69. The predicted octanol–water partition coefficient (Wildman–Crippen LogP) is 2.53. The fourth-order valence-corrected chi connectivity index (χ4v) is 1.76. The Hall–Kier alpha value is -1.36. The molecule has 0 aliphatic heterocycles. The topological polar surface area (TPSA) is 72.2 Å². The zero-order valence-corrected chi connectivity index (χ0v) is 11.4. The third-order valence-electron chi connectivity index (χ3n) is 2.11. The Labute approximate surface area is 109 Å². The third-order valence-corrected chi connectivity index (χ3v) is 2.61. The summed E-state index contributed by atoms with van der Waals surface area (Å²) >= 11 is 3.25. The average Bonchev–Trinajstić information content (AvgIpc) is 2.19. The maximum atomic E-state index is 11.6. The average molecular weight is 299 g/mol. The highest BCUT2D eigenvalue weighted by Crippen LogP contribution is 2.21. The number of anilines is 1. The Kier molecular flexibility index (Phi) is 4.69. The second kappa shape index (κ2) is 5.82. The van der Waals surface area contributed by atoms with E-state index in [0.717, 1.165) is 4.47 Å². The second-order valence-corrected chi connectivity index (χ2v) is 5.12. The molecule has 0 fully saturated rings. The molecule has 0 atom stereocenters. The number of rotatable bonds is 4. The van der Waals surface area contributed by atoms with Gasteiger partial charge in [0, 0.05) is 10.9 Å². The van der Waals surface area contributed by atoms with Crippen LogP contribution in [0.5, 0.6) is 0 Å². The largest absolute Gasteiger partial charge is 0.366 e. The Balaban J connectivity index is 2.91. The van der Waals surface area contributed by atoms with E-state index in [-0.39, 0.29) is 11.8 Å². The van der Waals surface area contributed by atoms with E-state index in [1.54, 1.807) is 18.2 Å². The van der Waals surface area contributed by atoms with Crippen molar-refractivity contribution in [2.45, 2.75) is 20.3 Å². The molecule has 17 heavy (non-hydrogen) atoms. The fraction of sp³-hybridized carbons (Fsp3) is 0.333. The molecule has 5 heteroatoms. The van der Waals surface area contributed by atoms with Crippen molar-refractivity contribution in [3.05, 3.63) is 28.2 Å². The molecule has 2 amide bonds.